The summed E-state index contributed by atoms with van der Waals surface area (Å²) in [6.45, 7) is 1.92. The van der Waals surface area contributed by atoms with Gasteiger partial charge in [-0.15, -0.1) is 0 Å². The Labute approximate surface area is 72.6 Å². The first-order valence-electron chi connectivity index (χ1n) is 3.69. The Morgan fingerprint density at radius 2 is 1.77 bits per heavy atom. The van der Waals surface area contributed by atoms with Crippen molar-refractivity contribution in [2.24, 2.45) is 0 Å². The summed E-state index contributed by atoms with van der Waals surface area (Å²) in [6.07, 6.45) is 3.34. The standard InChI is InChI=1S/C7H9N3O3/c1-2-3-4-10-6(12)8-5(11)9-7(10)13/h2-3H,4H2,1H3,(H2,8,9,11,12,13). The lowest BCUT2D eigenvalue weighted by molar-refractivity contribution is 0.663. The van der Waals surface area contributed by atoms with Crippen LogP contribution < -0.4 is 17.1 Å². The highest BCUT2D eigenvalue weighted by atomic mass is 16.2. The van der Waals surface area contributed by atoms with E-state index >= 15 is 0 Å². The fraction of sp³-hybridized carbons (Fsp3) is 0.286. The summed E-state index contributed by atoms with van der Waals surface area (Å²) >= 11 is 0. The minimum Gasteiger partial charge on any atom is -0.259 e. The summed E-state index contributed by atoms with van der Waals surface area (Å²) < 4.78 is 0.890. The van der Waals surface area contributed by atoms with Gasteiger partial charge < -0.3 is 0 Å². The van der Waals surface area contributed by atoms with E-state index in [1.165, 1.54) is 0 Å². The van der Waals surface area contributed by atoms with Gasteiger partial charge >= 0.3 is 17.1 Å². The van der Waals surface area contributed by atoms with Crippen molar-refractivity contribution >= 4 is 0 Å². The van der Waals surface area contributed by atoms with Crippen LogP contribution in [0, 0.1) is 0 Å². The summed E-state index contributed by atoms with van der Waals surface area (Å²) in [5, 5.41) is 0. The van der Waals surface area contributed by atoms with Gasteiger partial charge in [-0.1, -0.05) is 12.2 Å². The maximum Gasteiger partial charge on any atom is 0.333 e. The molecular weight excluding hydrogens is 174 g/mol. The van der Waals surface area contributed by atoms with Crippen LogP contribution in [0.15, 0.2) is 26.5 Å². The molecule has 0 aromatic carbocycles. The number of nitrogens with zero attached hydrogens (tertiary/aromatic N) is 1. The molecule has 6 nitrogen and oxygen atoms in total. The zero-order valence-electron chi connectivity index (χ0n) is 7.03. The first-order chi connectivity index (χ1) is 6.15. The van der Waals surface area contributed by atoms with Gasteiger partial charge in [-0.25, -0.2) is 19.0 Å². The van der Waals surface area contributed by atoms with Gasteiger partial charge in [0.05, 0.1) is 6.54 Å². The molecule has 2 N–H and O–H groups in total. The fourth-order valence-electron chi connectivity index (χ4n) is 0.829. The van der Waals surface area contributed by atoms with E-state index in [1.807, 2.05) is 9.97 Å². The number of aromatic nitrogens is 3. The zero-order valence-corrected chi connectivity index (χ0v) is 7.03. The maximum absolute atomic E-state index is 11.0. The van der Waals surface area contributed by atoms with E-state index in [2.05, 4.69) is 0 Å². The normalized spacial score (nSPS) is 10.8. The third kappa shape index (κ3) is 2.05. The molecule has 0 aliphatic carbocycles. The molecule has 0 fully saturated rings. The Morgan fingerprint density at radius 1 is 1.23 bits per heavy atom. The molecule has 0 atom stereocenters. The van der Waals surface area contributed by atoms with Crippen LogP contribution in [0.25, 0.3) is 0 Å². The number of hydrogen-bond acceptors (Lipinski definition) is 3. The summed E-state index contributed by atoms with van der Waals surface area (Å²) in [5.74, 6) is 0. The third-order valence-corrected chi connectivity index (χ3v) is 1.45. The molecule has 0 aliphatic rings. The van der Waals surface area contributed by atoms with Crippen molar-refractivity contribution in [1.82, 2.24) is 14.5 Å². The quantitative estimate of drug-likeness (QED) is 0.564. The fourth-order valence-corrected chi connectivity index (χ4v) is 0.829. The molecule has 0 amide bonds. The van der Waals surface area contributed by atoms with E-state index < -0.39 is 17.1 Å². The van der Waals surface area contributed by atoms with E-state index in [9.17, 15) is 14.4 Å². The number of rotatable bonds is 2. The molecule has 0 radical (unpaired) electrons. The second-order valence-corrected chi connectivity index (χ2v) is 2.37. The molecule has 1 rings (SSSR count). The van der Waals surface area contributed by atoms with Crippen LogP contribution in [0.1, 0.15) is 6.92 Å². The first kappa shape index (κ1) is 9.24. The van der Waals surface area contributed by atoms with Crippen molar-refractivity contribution in [3.8, 4) is 0 Å². The molecular formula is C7H9N3O3. The molecule has 0 bridgehead atoms. The Bertz CT molecular complexity index is 442. The largest absolute Gasteiger partial charge is 0.333 e. The van der Waals surface area contributed by atoms with Crippen LogP contribution >= 0.6 is 0 Å². The second kappa shape index (κ2) is 3.70. The highest BCUT2D eigenvalue weighted by molar-refractivity contribution is 4.80. The molecule has 0 aliphatic heterocycles. The van der Waals surface area contributed by atoms with Gasteiger partial charge in [-0.05, 0) is 6.92 Å². The molecule has 6 heteroatoms. The zero-order chi connectivity index (χ0) is 9.84. The number of hydrogen-bond donors (Lipinski definition) is 2. The SMILES string of the molecule is CC=CCn1c(=O)[nH]c(=O)[nH]c1=O. The Hall–Kier alpha value is -1.85. The van der Waals surface area contributed by atoms with Crippen molar-refractivity contribution in [1.29, 1.82) is 0 Å². The van der Waals surface area contributed by atoms with Crippen LogP contribution in [0.5, 0.6) is 0 Å². The molecule has 70 valence electrons. The summed E-state index contributed by atoms with van der Waals surface area (Å²) in [4.78, 5) is 36.5. The van der Waals surface area contributed by atoms with Gasteiger partial charge in [0, 0.05) is 0 Å². The topological polar surface area (TPSA) is 87.7 Å². The number of allylic oxidation sites excluding steroid dienone is 2. The Kier molecular flexibility index (Phi) is 2.63. The van der Waals surface area contributed by atoms with Crippen molar-refractivity contribution in [3.63, 3.8) is 0 Å². The predicted molar refractivity (Wildman–Crippen MR) is 46.8 cm³/mol. The first-order valence-corrected chi connectivity index (χ1v) is 3.69. The van der Waals surface area contributed by atoms with Crippen LogP contribution in [0.2, 0.25) is 0 Å². The maximum atomic E-state index is 11.0. The van der Waals surface area contributed by atoms with E-state index in [-0.39, 0.29) is 6.54 Å². The lowest BCUT2D eigenvalue weighted by Gasteiger charge is -1.96. The smallest absolute Gasteiger partial charge is 0.259 e. The second-order valence-electron chi connectivity index (χ2n) is 2.37. The molecule has 1 heterocycles. The van der Waals surface area contributed by atoms with Gasteiger partial charge in [0.1, 0.15) is 0 Å². The van der Waals surface area contributed by atoms with Gasteiger partial charge in [0.25, 0.3) is 0 Å². The number of aromatic amines is 2. The molecule has 13 heavy (non-hydrogen) atoms. The number of H-pyrrole nitrogens is 2. The summed E-state index contributed by atoms with van der Waals surface area (Å²) in [6, 6.07) is 0. The highest BCUT2D eigenvalue weighted by Crippen LogP contribution is 1.72. The lowest BCUT2D eigenvalue weighted by atomic mass is 10.5. The van der Waals surface area contributed by atoms with Crippen molar-refractivity contribution in [2.75, 3.05) is 0 Å². The molecule has 0 spiro atoms. The summed E-state index contributed by atoms with van der Waals surface area (Å²) in [5.41, 5.74) is -2.19. The van der Waals surface area contributed by atoms with E-state index in [4.69, 9.17) is 0 Å². The monoisotopic (exact) mass is 183 g/mol. The number of nitrogens with one attached hydrogen (secondary N) is 2. The molecule has 0 unspecified atom stereocenters. The molecule has 0 saturated carbocycles. The van der Waals surface area contributed by atoms with Crippen LogP contribution in [0.3, 0.4) is 0 Å². The van der Waals surface area contributed by atoms with E-state index in [0.29, 0.717) is 0 Å². The summed E-state index contributed by atoms with van der Waals surface area (Å²) in [7, 11) is 0. The Morgan fingerprint density at radius 3 is 2.23 bits per heavy atom. The third-order valence-electron chi connectivity index (χ3n) is 1.45. The van der Waals surface area contributed by atoms with Gasteiger partial charge in [0.15, 0.2) is 0 Å². The predicted octanol–water partition coefficient (Wildman–Crippen LogP) is -1.20. The van der Waals surface area contributed by atoms with E-state index in [1.54, 1.807) is 19.1 Å². The van der Waals surface area contributed by atoms with E-state index in [0.717, 1.165) is 4.57 Å². The average molecular weight is 183 g/mol. The lowest BCUT2D eigenvalue weighted by Crippen LogP contribution is -2.42. The molecule has 0 saturated heterocycles. The molecule has 1 aromatic heterocycles. The van der Waals surface area contributed by atoms with Crippen molar-refractivity contribution < 1.29 is 0 Å². The van der Waals surface area contributed by atoms with Gasteiger partial charge in [-0.2, -0.15) is 0 Å². The van der Waals surface area contributed by atoms with Crippen LogP contribution in [0.4, 0.5) is 0 Å². The minimum absolute atomic E-state index is 0.154. The van der Waals surface area contributed by atoms with Gasteiger partial charge in [0.2, 0.25) is 0 Å². The van der Waals surface area contributed by atoms with Crippen molar-refractivity contribution in [3.05, 3.63) is 43.6 Å². The van der Waals surface area contributed by atoms with Crippen LogP contribution in [-0.4, -0.2) is 14.5 Å². The van der Waals surface area contributed by atoms with Crippen LogP contribution in [-0.2, 0) is 6.54 Å². The Balaban J connectivity index is 3.30. The highest BCUT2D eigenvalue weighted by Gasteiger charge is 1.98. The minimum atomic E-state index is -0.785. The van der Waals surface area contributed by atoms with Gasteiger partial charge in [-0.3, -0.25) is 9.97 Å². The average Bonchev–Trinajstić information content (AvgIpc) is 2.02. The van der Waals surface area contributed by atoms with Crippen molar-refractivity contribution in [2.45, 2.75) is 13.5 Å². The molecule has 1 aromatic rings.